The van der Waals surface area contributed by atoms with Gasteiger partial charge in [0.1, 0.15) is 5.75 Å². The average Bonchev–Trinajstić information content (AvgIpc) is 3.38. The van der Waals surface area contributed by atoms with E-state index >= 15 is 0 Å². The summed E-state index contributed by atoms with van der Waals surface area (Å²) in [6, 6.07) is 21.3. The van der Waals surface area contributed by atoms with Gasteiger partial charge in [0, 0.05) is 28.9 Å². The van der Waals surface area contributed by atoms with Crippen LogP contribution in [0.15, 0.2) is 72.9 Å². The van der Waals surface area contributed by atoms with Crippen LogP contribution >= 0.6 is 22.9 Å². The second-order valence-electron chi connectivity index (χ2n) is 7.42. The molecular formula is C25H20ClN3O2S. The molecule has 7 heteroatoms. The van der Waals surface area contributed by atoms with Crippen LogP contribution in [0.3, 0.4) is 0 Å². The molecule has 1 amide bonds. The molecule has 0 bridgehead atoms. The molecule has 0 saturated heterocycles. The Labute approximate surface area is 194 Å². The Balaban J connectivity index is 1.32. The van der Waals surface area contributed by atoms with Crippen molar-refractivity contribution in [1.29, 1.82) is 0 Å². The van der Waals surface area contributed by atoms with Crippen molar-refractivity contribution in [2.75, 3.05) is 13.7 Å². The highest BCUT2D eigenvalue weighted by atomic mass is 35.5. The van der Waals surface area contributed by atoms with E-state index in [1.165, 1.54) is 0 Å². The first kappa shape index (κ1) is 20.5. The zero-order valence-corrected chi connectivity index (χ0v) is 18.9. The Morgan fingerprint density at radius 2 is 1.88 bits per heavy atom. The number of carbonyl (C=O) groups is 1. The highest BCUT2D eigenvalue weighted by Crippen LogP contribution is 2.30. The lowest BCUT2D eigenvalue weighted by Gasteiger charge is -2.06. The number of imidazole rings is 1. The number of nitrogens with zero attached hydrogens (tertiary/aromatic N) is 2. The van der Waals surface area contributed by atoms with Crippen molar-refractivity contribution in [3.8, 4) is 17.0 Å². The number of hydrogen-bond donors (Lipinski definition) is 1. The maximum atomic E-state index is 12.6. The van der Waals surface area contributed by atoms with Crippen LogP contribution in [0.5, 0.6) is 5.75 Å². The number of aromatic nitrogens is 2. The van der Waals surface area contributed by atoms with Crippen LogP contribution in [0.1, 0.15) is 15.9 Å². The molecule has 2 aromatic heterocycles. The van der Waals surface area contributed by atoms with E-state index in [0.717, 1.165) is 44.2 Å². The number of rotatable bonds is 6. The summed E-state index contributed by atoms with van der Waals surface area (Å²) in [5.74, 6) is 0.741. The van der Waals surface area contributed by atoms with Gasteiger partial charge in [0.25, 0.3) is 5.91 Å². The van der Waals surface area contributed by atoms with E-state index in [4.69, 9.17) is 21.3 Å². The Morgan fingerprint density at radius 1 is 1.09 bits per heavy atom. The van der Waals surface area contributed by atoms with Crippen LogP contribution < -0.4 is 10.1 Å². The molecule has 0 aliphatic carbocycles. The van der Waals surface area contributed by atoms with Crippen molar-refractivity contribution in [1.82, 2.24) is 14.7 Å². The number of benzene rings is 3. The molecule has 5 rings (SSSR count). The number of halogens is 1. The summed E-state index contributed by atoms with van der Waals surface area (Å²) in [6.45, 7) is 0.567. The lowest BCUT2D eigenvalue weighted by Crippen LogP contribution is -2.25. The van der Waals surface area contributed by atoms with Gasteiger partial charge in [-0.25, -0.2) is 4.98 Å². The summed E-state index contributed by atoms with van der Waals surface area (Å²) >= 11 is 7.49. The average molecular weight is 462 g/mol. The van der Waals surface area contributed by atoms with Gasteiger partial charge in [-0.15, -0.1) is 0 Å². The van der Waals surface area contributed by atoms with E-state index in [1.807, 2.05) is 72.9 Å². The second-order valence-corrected chi connectivity index (χ2v) is 8.87. The highest BCUT2D eigenvalue weighted by Gasteiger charge is 2.13. The number of nitrogens with one attached hydrogen (secondary N) is 1. The molecule has 0 saturated carbocycles. The van der Waals surface area contributed by atoms with E-state index in [2.05, 4.69) is 9.72 Å². The summed E-state index contributed by atoms with van der Waals surface area (Å²) in [7, 11) is 1.65. The normalized spacial score (nSPS) is 11.2. The van der Waals surface area contributed by atoms with E-state index in [1.54, 1.807) is 18.4 Å². The minimum atomic E-state index is -0.0779. The fourth-order valence-corrected chi connectivity index (χ4v) is 4.79. The summed E-state index contributed by atoms with van der Waals surface area (Å²) in [6.07, 6.45) is 2.79. The predicted molar refractivity (Wildman–Crippen MR) is 130 cm³/mol. The van der Waals surface area contributed by atoms with Crippen molar-refractivity contribution < 1.29 is 9.53 Å². The third-order valence-electron chi connectivity index (χ3n) is 5.35. The third kappa shape index (κ3) is 4.07. The fourth-order valence-electron chi connectivity index (χ4n) is 3.62. The molecule has 0 aliphatic heterocycles. The molecule has 0 fully saturated rings. The number of methoxy groups -OCH3 is 1. The monoisotopic (exact) mass is 461 g/mol. The first-order valence-corrected chi connectivity index (χ1v) is 11.4. The molecule has 160 valence electrons. The Morgan fingerprint density at radius 3 is 2.62 bits per heavy atom. The summed E-state index contributed by atoms with van der Waals surface area (Å²) in [5, 5.41) is 3.71. The largest absolute Gasteiger partial charge is 0.497 e. The van der Waals surface area contributed by atoms with E-state index in [0.29, 0.717) is 17.1 Å². The maximum Gasteiger partial charge on any atom is 0.251 e. The molecule has 1 N–H and O–H groups in total. The van der Waals surface area contributed by atoms with Gasteiger partial charge in [-0.05, 0) is 66.6 Å². The predicted octanol–water partition coefficient (Wildman–Crippen LogP) is 5.85. The third-order valence-corrected chi connectivity index (χ3v) is 6.62. The van der Waals surface area contributed by atoms with Gasteiger partial charge in [0.15, 0.2) is 4.96 Å². The number of thiazole rings is 1. The molecule has 5 aromatic rings. The number of carbonyl (C=O) groups excluding carboxylic acids is 1. The number of fused-ring (bicyclic) bond motifs is 3. The molecule has 32 heavy (non-hydrogen) atoms. The Kier molecular flexibility index (Phi) is 5.55. The smallest absolute Gasteiger partial charge is 0.251 e. The molecule has 2 heterocycles. The number of amides is 1. The van der Waals surface area contributed by atoms with Crippen LogP contribution in [0.25, 0.3) is 26.4 Å². The molecule has 0 unspecified atom stereocenters. The molecule has 0 aliphatic rings. The van der Waals surface area contributed by atoms with Gasteiger partial charge in [-0.2, -0.15) is 0 Å². The van der Waals surface area contributed by atoms with Gasteiger partial charge in [0.2, 0.25) is 0 Å². The van der Waals surface area contributed by atoms with Crippen LogP contribution in [-0.4, -0.2) is 28.9 Å². The van der Waals surface area contributed by atoms with Gasteiger partial charge in [-0.1, -0.05) is 35.1 Å². The van der Waals surface area contributed by atoms with E-state index in [-0.39, 0.29) is 5.91 Å². The van der Waals surface area contributed by atoms with Gasteiger partial charge in [-0.3, -0.25) is 9.20 Å². The van der Waals surface area contributed by atoms with Crippen molar-refractivity contribution in [3.05, 3.63) is 89.1 Å². The van der Waals surface area contributed by atoms with Crippen molar-refractivity contribution in [2.24, 2.45) is 0 Å². The van der Waals surface area contributed by atoms with Gasteiger partial charge < -0.3 is 10.1 Å². The summed E-state index contributed by atoms with van der Waals surface area (Å²) in [4.78, 5) is 18.3. The fraction of sp³-hybridized carbons (Fsp3) is 0.120. The van der Waals surface area contributed by atoms with Crippen molar-refractivity contribution in [2.45, 2.75) is 6.42 Å². The van der Waals surface area contributed by atoms with Crippen LogP contribution in [0.2, 0.25) is 5.02 Å². The van der Waals surface area contributed by atoms with E-state index < -0.39 is 0 Å². The molecule has 3 aromatic carbocycles. The Hall–Kier alpha value is -3.35. The van der Waals surface area contributed by atoms with Crippen LogP contribution in [0.4, 0.5) is 0 Å². The SMILES string of the molecule is COc1ccc(-c2cn3c(n2)sc2cc(C(=O)NCCc4ccc(Cl)cc4)ccc23)cc1. The lowest BCUT2D eigenvalue weighted by molar-refractivity contribution is 0.0954. The van der Waals surface area contributed by atoms with E-state index in [9.17, 15) is 4.79 Å². The Bertz CT molecular complexity index is 1410. The first-order chi connectivity index (χ1) is 15.6. The first-order valence-electron chi connectivity index (χ1n) is 10.2. The quantitative estimate of drug-likeness (QED) is 0.345. The highest BCUT2D eigenvalue weighted by molar-refractivity contribution is 7.23. The van der Waals surface area contributed by atoms with Crippen LogP contribution in [0, 0.1) is 0 Å². The standard InChI is InChI=1S/C25H20ClN3O2S/c1-31-20-9-4-17(5-10-20)21-15-29-22-11-6-18(14-23(22)32-25(29)28-21)24(30)27-13-12-16-2-7-19(26)8-3-16/h2-11,14-15H,12-13H2,1H3,(H,27,30). The van der Waals surface area contributed by atoms with Crippen molar-refractivity contribution >= 4 is 44.0 Å². The molecule has 5 nitrogen and oxygen atoms in total. The topological polar surface area (TPSA) is 55.6 Å². The zero-order valence-electron chi connectivity index (χ0n) is 17.3. The maximum absolute atomic E-state index is 12.6. The summed E-state index contributed by atoms with van der Waals surface area (Å²) < 4.78 is 8.33. The lowest BCUT2D eigenvalue weighted by atomic mass is 10.1. The van der Waals surface area contributed by atoms with Gasteiger partial charge in [0.05, 0.1) is 23.0 Å². The molecule has 0 atom stereocenters. The number of hydrogen-bond acceptors (Lipinski definition) is 4. The molecular weight excluding hydrogens is 442 g/mol. The molecule has 0 radical (unpaired) electrons. The van der Waals surface area contributed by atoms with Crippen molar-refractivity contribution in [3.63, 3.8) is 0 Å². The molecule has 0 spiro atoms. The number of ether oxygens (including phenoxy) is 1. The minimum Gasteiger partial charge on any atom is -0.497 e. The zero-order chi connectivity index (χ0) is 22.1. The summed E-state index contributed by atoms with van der Waals surface area (Å²) in [5.41, 5.74) is 4.76. The second kappa shape index (κ2) is 8.65. The minimum absolute atomic E-state index is 0.0779. The van der Waals surface area contributed by atoms with Crippen LogP contribution in [-0.2, 0) is 6.42 Å². The van der Waals surface area contributed by atoms with Gasteiger partial charge >= 0.3 is 0 Å².